The van der Waals surface area contributed by atoms with E-state index >= 15 is 0 Å². The van der Waals surface area contributed by atoms with Gasteiger partial charge in [-0.3, -0.25) is 14.3 Å². The molecule has 1 unspecified atom stereocenters. The van der Waals surface area contributed by atoms with E-state index in [9.17, 15) is 18.5 Å². The van der Waals surface area contributed by atoms with Gasteiger partial charge in [0.25, 0.3) is 10.1 Å². The van der Waals surface area contributed by atoms with Crippen LogP contribution in [-0.2, 0) is 20.7 Å². The highest BCUT2D eigenvalue weighted by Gasteiger charge is 2.33. The van der Waals surface area contributed by atoms with Crippen molar-refractivity contribution in [3.05, 3.63) is 21.6 Å². The average molecular weight is 332 g/mol. The first-order chi connectivity index (χ1) is 10.3. The number of nitro groups is 1. The molecule has 1 aliphatic carbocycles. The van der Waals surface area contributed by atoms with E-state index in [0.717, 1.165) is 38.4 Å². The fourth-order valence-electron chi connectivity index (χ4n) is 2.97. The molecule has 22 heavy (non-hydrogen) atoms. The molecule has 0 saturated heterocycles. The minimum Gasteiger partial charge on any atom is -0.353 e. The van der Waals surface area contributed by atoms with Crippen molar-refractivity contribution >= 4 is 15.8 Å². The van der Waals surface area contributed by atoms with Gasteiger partial charge in [-0.15, -0.1) is 0 Å². The zero-order valence-corrected chi connectivity index (χ0v) is 13.5. The molecule has 1 aromatic rings. The van der Waals surface area contributed by atoms with Crippen molar-refractivity contribution in [1.29, 1.82) is 0 Å². The summed E-state index contributed by atoms with van der Waals surface area (Å²) < 4.78 is 33.2. The SMILES string of the molecule is Cc1noc(CC(OS(C)(=O)=O)C2CCCCC2)c1[N+](=O)[O-]. The van der Waals surface area contributed by atoms with Gasteiger partial charge in [0.15, 0.2) is 5.69 Å². The largest absolute Gasteiger partial charge is 0.353 e. The highest BCUT2D eigenvalue weighted by Crippen LogP contribution is 2.33. The summed E-state index contributed by atoms with van der Waals surface area (Å²) in [6.07, 6.45) is 5.20. The minimum atomic E-state index is -3.65. The van der Waals surface area contributed by atoms with E-state index < -0.39 is 21.1 Å². The quantitative estimate of drug-likeness (QED) is 0.446. The number of hydrogen-bond acceptors (Lipinski definition) is 7. The van der Waals surface area contributed by atoms with Crippen LogP contribution in [-0.4, -0.2) is 30.9 Å². The molecule has 0 N–H and O–H groups in total. The van der Waals surface area contributed by atoms with E-state index in [1.807, 2.05) is 0 Å². The Hall–Kier alpha value is -1.48. The molecule has 1 heterocycles. The van der Waals surface area contributed by atoms with Gasteiger partial charge in [0.2, 0.25) is 5.76 Å². The summed E-state index contributed by atoms with van der Waals surface area (Å²) >= 11 is 0. The maximum Gasteiger partial charge on any atom is 0.334 e. The molecule has 1 aliphatic rings. The predicted molar refractivity (Wildman–Crippen MR) is 77.9 cm³/mol. The molecule has 1 saturated carbocycles. The lowest BCUT2D eigenvalue weighted by atomic mass is 9.84. The minimum absolute atomic E-state index is 0.0366. The van der Waals surface area contributed by atoms with Gasteiger partial charge in [-0.2, -0.15) is 8.42 Å². The zero-order chi connectivity index (χ0) is 16.3. The number of aromatic nitrogens is 1. The molecule has 8 nitrogen and oxygen atoms in total. The molecule has 0 aromatic carbocycles. The van der Waals surface area contributed by atoms with E-state index in [-0.39, 0.29) is 29.5 Å². The Labute approximate surface area is 129 Å². The Morgan fingerprint density at radius 2 is 2.05 bits per heavy atom. The second-order valence-electron chi connectivity index (χ2n) is 5.74. The van der Waals surface area contributed by atoms with Crippen LogP contribution in [0.2, 0.25) is 0 Å². The first-order valence-corrected chi connectivity index (χ1v) is 9.07. The van der Waals surface area contributed by atoms with Crippen LogP contribution < -0.4 is 0 Å². The van der Waals surface area contributed by atoms with Crippen molar-refractivity contribution in [1.82, 2.24) is 5.16 Å². The molecule has 124 valence electrons. The van der Waals surface area contributed by atoms with Gasteiger partial charge in [0.1, 0.15) is 0 Å². The first-order valence-electron chi connectivity index (χ1n) is 7.25. The summed E-state index contributed by atoms with van der Waals surface area (Å²) in [6, 6.07) is 0. The van der Waals surface area contributed by atoms with Crippen LogP contribution in [0.25, 0.3) is 0 Å². The zero-order valence-electron chi connectivity index (χ0n) is 12.6. The molecular weight excluding hydrogens is 312 g/mol. The van der Waals surface area contributed by atoms with Crippen LogP contribution in [0.15, 0.2) is 4.52 Å². The van der Waals surface area contributed by atoms with Crippen molar-refractivity contribution in [2.75, 3.05) is 6.26 Å². The van der Waals surface area contributed by atoms with Crippen molar-refractivity contribution in [2.45, 2.75) is 51.6 Å². The molecule has 0 bridgehead atoms. The van der Waals surface area contributed by atoms with Gasteiger partial charge in [0, 0.05) is 6.42 Å². The summed E-state index contributed by atoms with van der Waals surface area (Å²) in [6.45, 7) is 1.48. The van der Waals surface area contributed by atoms with Gasteiger partial charge in [0.05, 0.1) is 17.3 Å². The summed E-state index contributed by atoms with van der Waals surface area (Å²) in [5.74, 6) is 0.121. The van der Waals surface area contributed by atoms with Gasteiger partial charge < -0.3 is 4.52 Å². The lowest BCUT2D eigenvalue weighted by molar-refractivity contribution is -0.386. The topological polar surface area (TPSA) is 113 Å². The fourth-order valence-corrected chi connectivity index (χ4v) is 3.65. The predicted octanol–water partition coefficient (Wildman–Crippen LogP) is 2.36. The maximum absolute atomic E-state index is 11.5. The van der Waals surface area contributed by atoms with Gasteiger partial charge >= 0.3 is 5.69 Å². The normalized spacial score (nSPS) is 18.3. The summed E-state index contributed by atoms with van der Waals surface area (Å²) in [5.41, 5.74) is -0.0142. The van der Waals surface area contributed by atoms with Crippen molar-refractivity contribution in [2.24, 2.45) is 5.92 Å². The Bertz CT molecular complexity index is 633. The first kappa shape index (κ1) is 16.9. The van der Waals surface area contributed by atoms with E-state index in [0.29, 0.717) is 0 Å². The van der Waals surface area contributed by atoms with Gasteiger partial charge in [-0.1, -0.05) is 24.4 Å². The van der Waals surface area contributed by atoms with Crippen LogP contribution in [0.4, 0.5) is 5.69 Å². The fraction of sp³-hybridized carbons (Fsp3) is 0.769. The van der Waals surface area contributed by atoms with Crippen molar-refractivity contribution in [3.8, 4) is 0 Å². The Morgan fingerprint density at radius 3 is 2.59 bits per heavy atom. The molecule has 1 aromatic heterocycles. The smallest absolute Gasteiger partial charge is 0.334 e. The molecule has 1 fully saturated rings. The number of nitrogens with zero attached hydrogens (tertiary/aromatic N) is 2. The number of hydrogen-bond donors (Lipinski definition) is 0. The van der Waals surface area contributed by atoms with Gasteiger partial charge in [-0.05, 0) is 25.7 Å². The van der Waals surface area contributed by atoms with E-state index in [1.54, 1.807) is 0 Å². The molecule has 9 heteroatoms. The molecule has 0 radical (unpaired) electrons. The van der Waals surface area contributed by atoms with E-state index in [2.05, 4.69) is 5.16 Å². The molecule has 0 amide bonds. The highest BCUT2D eigenvalue weighted by molar-refractivity contribution is 7.86. The van der Waals surface area contributed by atoms with Crippen LogP contribution in [0.1, 0.15) is 43.6 Å². The average Bonchev–Trinajstić information content (AvgIpc) is 2.78. The van der Waals surface area contributed by atoms with Crippen LogP contribution in [0, 0.1) is 23.0 Å². The van der Waals surface area contributed by atoms with E-state index in [4.69, 9.17) is 8.71 Å². The van der Waals surface area contributed by atoms with Crippen LogP contribution in [0.5, 0.6) is 0 Å². The highest BCUT2D eigenvalue weighted by atomic mass is 32.2. The molecule has 2 rings (SSSR count). The number of rotatable bonds is 6. The summed E-state index contributed by atoms with van der Waals surface area (Å²) in [7, 11) is -3.65. The molecular formula is C13H20N2O6S. The van der Waals surface area contributed by atoms with Crippen molar-refractivity contribution in [3.63, 3.8) is 0 Å². The summed E-state index contributed by atoms with van der Waals surface area (Å²) in [5, 5.41) is 14.7. The second kappa shape index (κ2) is 6.74. The van der Waals surface area contributed by atoms with Crippen LogP contribution in [0.3, 0.4) is 0 Å². The third-order valence-corrected chi connectivity index (χ3v) is 4.54. The van der Waals surface area contributed by atoms with Gasteiger partial charge in [-0.25, -0.2) is 0 Å². The third kappa shape index (κ3) is 4.26. The molecule has 1 atom stereocenters. The third-order valence-electron chi connectivity index (χ3n) is 3.94. The molecule has 0 spiro atoms. The maximum atomic E-state index is 11.5. The molecule has 0 aliphatic heterocycles. The monoisotopic (exact) mass is 332 g/mol. The van der Waals surface area contributed by atoms with Crippen LogP contribution >= 0.6 is 0 Å². The number of aryl methyl sites for hydroxylation is 1. The Morgan fingerprint density at radius 1 is 1.41 bits per heavy atom. The standard InChI is InChI=1S/C13H20N2O6S/c1-9-13(15(16)17)12(20-14-9)8-11(21-22(2,18)19)10-6-4-3-5-7-10/h10-11H,3-8H2,1-2H3. The van der Waals surface area contributed by atoms with Crippen molar-refractivity contribution < 1.29 is 22.0 Å². The Kier molecular flexibility index (Phi) is 5.17. The lowest BCUT2D eigenvalue weighted by Crippen LogP contribution is -2.30. The lowest BCUT2D eigenvalue weighted by Gasteiger charge is -2.28. The second-order valence-corrected chi connectivity index (χ2v) is 7.34. The Balaban J connectivity index is 2.24. The van der Waals surface area contributed by atoms with E-state index in [1.165, 1.54) is 6.92 Å². The summed E-state index contributed by atoms with van der Waals surface area (Å²) in [4.78, 5) is 10.5.